The number of likely N-dealkylation sites (tertiary alicyclic amines) is 1. The number of nitrogens with zero attached hydrogens (tertiary/aromatic N) is 2. The van der Waals surface area contributed by atoms with Gasteiger partial charge in [0.1, 0.15) is 0 Å². The highest BCUT2D eigenvalue weighted by Gasteiger charge is 2.38. The van der Waals surface area contributed by atoms with Crippen molar-refractivity contribution < 1.29 is 26.4 Å². The van der Waals surface area contributed by atoms with Crippen LogP contribution >= 0.6 is 0 Å². The minimum absolute atomic E-state index is 0.0120. The third-order valence-electron chi connectivity index (χ3n) is 6.72. The number of sulfone groups is 1. The smallest absolute Gasteiger partial charge is 0.337 e. The molecule has 10 heteroatoms. The lowest BCUT2D eigenvalue weighted by molar-refractivity contribution is 0.0600. The quantitative estimate of drug-likeness (QED) is 0.469. The van der Waals surface area contributed by atoms with Crippen molar-refractivity contribution in [3.63, 3.8) is 0 Å². The Hall–Kier alpha value is -2.27. The van der Waals surface area contributed by atoms with Crippen LogP contribution in [0.15, 0.2) is 58.3 Å². The lowest BCUT2D eigenvalue weighted by atomic mass is 10.0. The molecule has 0 unspecified atom stereocenters. The fourth-order valence-electron chi connectivity index (χ4n) is 4.49. The van der Waals surface area contributed by atoms with Gasteiger partial charge >= 0.3 is 5.97 Å². The van der Waals surface area contributed by atoms with Crippen molar-refractivity contribution in [2.45, 2.75) is 48.1 Å². The molecule has 1 saturated carbocycles. The average molecular weight is 521 g/mol. The molecule has 1 aliphatic heterocycles. The van der Waals surface area contributed by atoms with E-state index in [0.717, 1.165) is 44.3 Å². The van der Waals surface area contributed by atoms with Crippen molar-refractivity contribution in [3.8, 4) is 0 Å². The number of benzene rings is 2. The highest BCUT2D eigenvalue weighted by molar-refractivity contribution is 7.91. The summed E-state index contributed by atoms with van der Waals surface area (Å²) in [6, 6.07) is 12.9. The summed E-state index contributed by atoms with van der Waals surface area (Å²) in [7, 11) is -5.98. The number of esters is 1. The summed E-state index contributed by atoms with van der Waals surface area (Å²) in [4.78, 5) is 14.0. The maximum absolute atomic E-state index is 13.6. The topological polar surface area (TPSA) is 101 Å². The highest BCUT2D eigenvalue weighted by Crippen LogP contribution is 2.35. The first-order valence-electron chi connectivity index (χ1n) is 11.8. The first-order chi connectivity index (χ1) is 16.6. The zero-order chi connectivity index (χ0) is 25.2. The van der Waals surface area contributed by atoms with Gasteiger partial charge in [0.05, 0.1) is 22.5 Å². The first kappa shape index (κ1) is 25.8. The van der Waals surface area contributed by atoms with Crippen LogP contribution in [0.4, 0.5) is 0 Å². The van der Waals surface area contributed by atoms with Gasteiger partial charge in [-0.05, 0) is 67.5 Å². The zero-order valence-electron chi connectivity index (χ0n) is 20.1. The molecular weight excluding hydrogens is 488 g/mol. The zero-order valence-corrected chi connectivity index (χ0v) is 21.7. The summed E-state index contributed by atoms with van der Waals surface area (Å²) in [5.41, 5.74) is 1.59. The molecule has 1 aliphatic carbocycles. The van der Waals surface area contributed by atoms with E-state index in [2.05, 4.69) is 4.90 Å². The predicted molar refractivity (Wildman–Crippen MR) is 132 cm³/mol. The van der Waals surface area contributed by atoms with Gasteiger partial charge in [-0.1, -0.05) is 18.2 Å². The lowest BCUT2D eigenvalue weighted by Gasteiger charge is -2.38. The molecule has 35 heavy (non-hydrogen) atoms. The van der Waals surface area contributed by atoms with Crippen LogP contribution in [-0.4, -0.2) is 71.1 Å². The maximum Gasteiger partial charge on any atom is 0.337 e. The normalized spacial score (nSPS) is 18.0. The Morgan fingerprint density at radius 2 is 1.60 bits per heavy atom. The molecular formula is C25H32N2O6S2. The fourth-order valence-corrected chi connectivity index (χ4v) is 7.04. The summed E-state index contributed by atoms with van der Waals surface area (Å²) in [5, 5.41) is 0. The fraction of sp³-hybridized carbons (Fsp3) is 0.480. The number of hydrogen-bond acceptors (Lipinski definition) is 7. The van der Waals surface area contributed by atoms with E-state index in [1.165, 1.54) is 31.4 Å². The van der Waals surface area contributed by atoms with Gasteiger partial charge in [-0.2, -0.15) is 4.31 Å². The molecule has 0 amide bonds. The second-order valence-corrected chi connectivity index (χ2v) is 13.4. The van der Waals surface area contributed by atoms with E-state index in [1.807, 2.05) is 12.1 Å². The van der Waals surface area contributed by atoms with Crippen LogP contribution < -0.4 is 0 Å². The molecule has 8 nitrogen and oxygen atoms in total. The summed E-state index contributed by atoms with van der Waals surface area (Å²) in [5.74, 6) is 0.00520. The van der Waals surface area contributed by atoms with Crippen LogP contribution in [-0.2, 0) is 31.1 Å². The van der Waals surface area contributed by atoms with Crippen molar-refractivity contribution in [1.29, 1.82) is 0 Å². The Morgan fingerprint density at radius 3 is 2.17 bits per heavy atom. The molecule has 0 radical (unpaired) electrons. The molecule has 1 heterocycles. The molecule has 0 N–H and O–H groups in total. The number of piperidine rings is 1. The number of carbonyl (C=O) groups is 1. The standard InChI is InChI=1S/C25H32N2O6S2/c1-33-25(28)21-10-8-19(9-11-21)17-26-14-12-22(13-15-26)27(18-20-6-7-20)35(31,32)24-5-3-4-23(16-24)34(2,29)30/h3-5,8-11,16,20,22H,6-7,12-15,17-18H2,1-2H3. The minimum atomic E-state index is -3.82. The van der Waals surface area contributed by atoms with Crippen molar-refractivity contribution in [1.82, 2.24) is 9.21 Å². The van der Waals surface area contributed by atoms with E-state index >= 15 is 0 Å². The van der Waals surface area contributed by atoms with Crippen molar-refractivity contribution in [3.05, 3.63) is 59.7 Å². The molecule has 0 spiro atoms. The summed E-state index contributed by atoms with van der Waals surface area (Å²) in [6.45, 7) is 2.71. The van der Waals surface area contributed by atoms with Crippen molar-refractivity contribution >= 4 is 25.8 Å². The number of hydrogen-bond donors (Lipinski definition) is 0. The number of carbonyl (C=O) groups excluding carboxylic acids is 1. The van der Waals surface area contributed by atoms with Gasteiger partial charge in [0, 0.05) is 38.5 Å². The van der Waals surface area contributed by atoms with Gasteiger partial charge in [0.25, 0.3) is 0 Å². The van der Waals surface area contributed by atoms with Crippen LogP contribution in [0.25, 0.3) is 0 Å². The molecule has 2 fully saturated rings. The average Bonchev–Trinajstić information content (AvgIpc) is 3.67. The van der Waals surface area contributed by atoms with Gasteiger partial charge in [0.2, 0.25) is 10.0 Å². The van der Waals surface area contributed by atoms with Gasteiger partial charge in [-0.25, -0.2) is 21.6 Å². The van der Waals surface area contributed by atoms with Gasteiger partial charge in [-0.3, -0.25) is 4.90 Å². The first-order valence-corrected chi connectivity index (χ1v) is 15.1. The third kappa shape index (κ3) is 6.30. The lowest BCUT2D eigenvalue weighted by Crippen LogP contribution is -2.47. The van der Waals surface area contributed by atoms with E-state index < -0.39 is 19.9 Å². The monoisotopic (exact) mass is 520 g/mol. The minimum Gasteiger partial charge on any atom is -0.465 e. The van der Waals surface area contributed by atoms with Crippen LogP contribution in [0.1, 0.15) is 41.6 Å². The number of ether oxygens (including phenoxy) is 1. The van der Waals surface area contributed by atoms with Gasteiger partial charge < -0.3 is 4.74 Å². The molecule has 2 aromatic carbocycles. The molecule has 0 bridgehead atoms. The molecule has 2 aromatic rings. The van der Waals surface area contributed by atoms with Crippen LogP contribution in [0, 0.1) is 5.92 Å². The molecule has 4 rings (SSSR count). The Balaban J connectivity index is 1.45. The Morgan fingerprint density at radius 1 is 0.971 bits per heavy atom. The second kappa shape index (κ2) is 10.4. The Labute approximate surface area is 207 Å². The summed E-state index contributed by atoms with van der Waals surface area (Å²) in [6.07, 6.45) is 4.54. The number of rotatable bonds is 9. The van der Waals surface area contributed by atoms with Crippen LogP contribution in [0.5, 0.6) is 0 Å². The second-order valence-electron chi connectivity index (χ2n) is 9.46. The van der Waals surface area contributed by atoms with Crippen molar-refractivity contribution in [2.75, 3.05) is 33.0 Å². The van der Waals surface area contributed by atoms with E-state index in [-0.39, 0.29) is 21.8 Å². The SMILES string of the molecule is COC(=O)c1ccc(CN2CCC(N(CC3CC3)S(=O)(=O)c3cccc(S(C)(=O)=O)c3)CC2)cc1. The summed E-state index contributed by atoms with van der Waals surface area (Å²) < 4.78 is 57.6. The van der Waals surface area contributed by atoms with E-state index in [9.17, 15) is 21.6 Å². The maximum atomic E-state index is 13.6. The Kier molecular flexibility index (Phi) is 7.65. The Bertz CT molecular complexity index is 1260. The van der Waals surface area contributed by atoms with Crippen molar-refractivity contribution in [2.24, 2.45) is 5.92 Å². The molecule has 0 atom stereocenters. The third-order valence-corrected chi connectivity index (χ3v) is 9.75. The van der Waals surface area contributed by atoms with Crippen LogP contribution in [0.3, 0.4) is 0 Å². The largest absolute Gasteiger partial charge is 0.465 e. The number of methoxy groups -OCH3 is 1. The molecule has 190 valence electrons. The van der Waals surface area contributed by atoms with Gasteiger partial charge in [0.15, 0.2) is 9.84 Å². The van der Waals surface area contributed by atoms with E-state index in [1.54, 1.807) is 16.4 Å². The predicted octanol–water partition coefficient (Wildman–Crippen LogP) is 2.94. The van der Waals surface area contributed by atoms with E-state index in [4.69, 9.17) is 4.74 Å². The van der Waals surface area contributed by atoms with Crippen LogP contribution in [0.2, 0.25) is 0 Å². The summed E-state index contributed by atoms with van der Waals surface area (Å²) >= 11 is 0. The molecule has 0 aromatic heterocycles. The highest BCUT2D eigenvalue weighted by atomic mass is 32.2. The number of sulfonamides is 1. The van der Waals surface area contributed by atoms with E-state index in [0.29, 0.717) is 30.9 Å². The van der Waals surface area contributed by atoms with Gasteiger partial charge in [-0.15, -0.1) is 0 Å². The molecule has 1 saturated heterocycles. The molecule has 2 aliphatic rings.